The van der Waals surface area contributed by atoms with Crippen LogP contribution in [0.2, 0.25) is 13.1 Å². The van der Waals surface area contributed by atoms with Crippen LogP contribution in [0.3, 0.4) is 0 Å². The van der Waals surface area contributed by atoms with Gasteiger partial charge in [0.15, 0.2) is 8.32 Å². The first-order valence-electron chi connectivity index (χ1n) is 3.50. The zero-order valence-corrected chi connectivity index (χ0v) is 12.3. The smallest absolute Gasteiger partial charge is 0.182 e. The maximum Gasteiger partial charge on any atom is 0.182 e. The van der Waals surface area contributed by atoms with Crippen LogP contribution in [0.1, 0.15) is 6.42 Å². The fourth-order valence-electron chi connectivity index (χ4n) is 0.928. The van der Waals surface area contributed by atoms with E-state index in [9.17, 15) is 0 Å². The van der Waals surface area contributed by atoms with Gasteiger partial charge in [0, 0.05) is 28.8 Å². The molecule has 1 aliphatic rings. The predicted octanol–water partition coefficient (Wildman–Crippen LogP) is 2.91. The van der Waals surface area contributed by atoms with Crippen molar-refractivity contribution < 1.29 is 26.1 Å². The van der Waals surface area contributed by atoms with Gasteiger partial charge in [0.25, 0.3) is 0 Å². The Labute approximate surface area is 109 Å². The van der Waals surface area contributed by atoms with Gasteiger partial charge < -0.3 is 4.43 Å². The van der Waals surface area contributed by atoms with Gasteiger partial charge in [0.1, 0.15) is 0 Å². The van der Waals surface area contributed by atoms with E-state index in [2.05, 4.69) is 31.3 Å². The van der Waals surface area contributed by atoms with Gasteiger partial charge in [-0.3, -0.25) is 6.08 Å². The maximum atomic E-state index is 5.41. The van der Waals surface area contributed by atoms with Gasteiger partial charge in [0.2, 0.25) is 0 Å². The topological polar surface area (TPSA) is 9.23 Å². The van der Waals surface area contributed by atoms with Crippen LogP contribution in [0.4, 0.5) is 0 Å². The minimum absolute atomic E-state index is 0. The van der Waals surface area contributed by atoms with Crippen molar-refractivity contribution in [3.8, 4) is 0 Å². The Morgan fingerprint density at radius 3 is 2.23 bits per heavy atom. The molecule has 76 valence electrons. The van der Waals surface area contributed by atoms with Crippen LogP contribution in [0, 0.1) is 6.08 Å². The van der Waals surface area contributed by atoms with Gasteiger partial charge in [-0.25, -0.2) is 11.3 Å². The molecule has 0 atom stereocenters. The minimum Gasteiger partial charge on any atom is -0.419 e. The molecule has 0 heterocycles. The zero-order chi connectivity index (χ0) is 7.61. The molecule has 5 heteroatoms. The number of hydrogen-bond acceptors (Lipinski definition) is 1. The fraction of sp³-hybridized carbons (Fsp3) is 0.500. The second-order valence-electron chi connectivity index (χ2n) is 2.91. The summed E-state index contributed by atoms with van der Waals surface area (Å²) in [6, 6.07) is 0. The van der Waals surface area contributed by atoms with Crippen molar-refractivity contribution in [1.82, 2.24) is 0 Å². The summed E-state index contributed by atoms with van der Waals surface area (Å²) in [4.78, 5) is 0. The summed E-state index contributed by atoms with van der Waals surface area (Å²) in [7, 11) is 0.259. The number of rotatable bonds is 2. The summed E-state index contributed by atoms with van der Waals surface area (Å²) in [6.07, 6.45) is 8.52. The molecule has 13 heavy (non-hydrogen) atoms. The second-order valence-corrected chi connectivity index (χ2v) is 6.88. The predicted molar refractivity (Wildman–Crippen MR) is 59.5 cm³/mol. The molecule has 0 aromatic carbocycles. The third-order valence-electron chi connectivity index (χ3n) is 1.85. The summed E-state index contributed by atoms with van der Waals surface area (Å²) in [5.41, 5.74) is 0. The van der Waals surface area contributed by atoms with E-state index >= 15 is 0 Å². The first-order chi connectivity index (χ1) is 4.67. The van der Waals surface area contributed by atoms with Crippen LogP contribution in [0.5, 0.6) is 0 Å². The normalized spacial score (nSPS) is 13.6. The molecular formula is C8H15Cl2OSiTi-. The van der Waals surface area contributed by atoms with E-state index in [0.29, 0.717) is 0 Å². The van der Waals surface area contributed by atoms with Gasteiger partial charge in [-0.2, -0.15) is 6.08 Å². The number of halogens is 2. The molecule has 0 saturated heterocycles. The van der Waals surface area contributed by atoms with Gasteiger partial charge in [-0.1, -0.05) is 0 Å². The first-order valence-corrected chi connectivity index (χ1v) is 6.40. The molecule has 0 radical (unpaired) electrons. The van der Waals surface area contributed by atoms with Gasteiger partial charge >= 0.3 is 0 Å². The molecule has 1 rings (SSSR count). The number of hydrogen-bond donors (Lipinski definition) is 0. The Balaban J connectivity index is -0.000000333. The van der Waals surface area contributed by atoms with E-state index in [4.69, 9.17) is 4.43 Å². The van der Waals surface area contributed by atoms with Crippen molar-refractivity contribution in [2.45, 2.75) is 19.5 Å². The van der Waals surface area contributed by atoms with Crippen molar-refractivity contribution in [1.29, 1.82) is 0 Å². The van der Waals surface area contributed by atoms with E-state index < -0.39 is 8.32 Å². The number of allylic oxidation sites excluding steroid dienone is 4. The summed E-state index contributed by atoms with van der Waals surface area (Å²) in [5, 5.41) is 1.30. The van der Waals surface area contributed by atoms with Crippen LogP contribution in [0.25, 0.3) is 0 Å². The third kappa shape index (κ3) is 5.41. The molecule has 0 aromatic heterocycles. The van der Waals surface area contributed by atoms with E-state index in [1.807, 2.05) is 0 Å². The van der Waals surface area contributed by atoms with Crippen LogP contribution < -0.4 is 0 Å². The monoisotopic (exact) mass is 273 g/mol. The molecule has 0 amide bonds. The van der Waals surface area contributed by atoms with Gasteiger partial charge in [-0.15, -0.1) is 31.2 Å². The molecule has 0 unspecified atom stereocenters. The zero-order valence-electron chi connectivity index (χ0n) is 8.09. The van der Waals surface area contributed by atoms with E-state index in [-0.39, 0.29) is 46.5 Å². The molecule has 0 fully saturated rings. The third-order valence-corrected chi connectivity index (χ3v) is 4.52. The van der Waals surface area contributed by atoms with Crippen LogP contribution >= 0.6 is 24.8 Å². The second kappa shape index (κ2) is 8.28. The Bertz CT molecular complexity index is 193. The van der Waals surface area contributed by atoms with Crippen LogP contribution in [-0.2, 0) is 26.1 Å². The van der Waals surface area contributed by atoms with Crippen molar-refractivity contribution in [3.05, 3.63) is 23.4 Å². The molecule has 0 bridgehead atoms. The molecule has 1 aliphatic carbocycles. The molecule has 0 saturated carbocycles. The maximum absolute atomic E-state index is 5.41. The Morgan fingerprint density at radius 2 is 1.92 bits per heavy atom. The Hall–Kier alpha value is 0.951. The van der Waals surface area contributed by atoms with Crippen molar-refractivity contribution in [3.63, 3.8) is 0 Å². The summed E-state index contributed by atoms with van der Waals surface area (Å²) >= 11 is 0. The first kappa shape index (κ1) is 19.5. The van der Waals surface area contributed by atoms with E-state index in [1.165, 1.54) is 5.20 Å². The average Bonchev–Trinajstić information content (AvgIpc) is 2.38. The van der Waals surface area contributed by atoms with Gasteiger partial charge in [0.05, 0.1) is 0 Å². The SMILES string of the molecule is CO[Si](C)(C)C1=[C-]CC=C1.Cl.Cl.[Ti]. The van der Waals surface area contributed by atoms with E-state index in [0.717, 1.165) is 6.42 Å². The summed E-state index contributed by atoms with van der Waals surface area (Å²) in [6.45, 7) is 4.37. The van der Waals surface area contributed by atoms with Crippen LogP contribution in [-0.4, -0.2) is 15.4 Å². The summed E-state index contributed by atoms with van der Waals surface area (Å²) in [5.74, 6) is 0. The quantitative estimate of drug-likeness (QED) is 0.555. The molecule has 0 spiro atoms. The molecule has 0 aromatic rings. The minimum atomic E-state index is -1.53. The molecule has 0 N–H and O–H groups in total. The van der Waals surface area contributed by atoms with Crippen molar-refractivity contribution in [2.75, 3.05) is 7.11 Å². The Kier molecular flexibility index (Phi) is 12.4. The molecule has 1 nitrogen and oxygen atoms in total. The Morgan fingerprint density at radius 1 is 1.38 bits per heavy atom. The largest absolute Gasteiger partial charge is 0.419 e. The standard InChI is InChI=1S/C8H13OSi.2ClH.Ti/c1-9-10(2,3)8-6-4-5-7-8;;;/h4,6H,5H2,1-3H3;2*1H;/q-1;;;. The van der Waals surface area contributed by atoms with Crippen molar-refractivity contribution >= 4 is 33.1 Å². The molecular weight excluding hydrogens is 259 g/mol. The summed E-state index contributed by atoms with van der Waals surface area (Å²) < 4.78 is 5.41. The average molecular weight is 274 g/mol. The van der Waals surface area contributed by atoms with E-state index in [1.54, 1.807) is 7.11 Å². The fourth-order valence-corrected chi connectivity index (χ4v) is 2.20. The van der Waals surface area contributed by atoms with Crippen molar-refractivity contribution in [2.24, 2.45) is 0 Å². The molecule has 0 aliphatic heterocycles. The van der Waals surface area contributed by atoms with Gasteiger partial charge in [-0.05, 0) is 13.1 Å². The van der Waals surface area contributed by atoms with Crippen LogP contribution in [0.15, 0.2) is 17.3 Å².